The molecular weight excluding hydrogens is 260 g/mol. The van der Waals surface area contributed by atoms with Gasteiger partial charge in [0.2, 0.25) is 0 Å². The van der Waals surface area contributed by atoms with Gasteiger partial charge in [-0.05, 0) is 38.6 Å². The number of hydrogen-bond donors (Lipinski definition) is 1. The maximum atomic E-state index is 4.49. The minimum atomic E-state index is 0.767. The first-order chi connectivity index (χ1) is 10.1. The second kappa shape index (κ2) is 7.18. The van der Waals surface area contributed by atoms with E-state index in [0.717, 1.165) is 36.8 Å². The molecule has 0 bridgehead atoms. The van der Waals surface area contributed by atoms with E-state index in [1.54, 1.807) is 6.20 Å². The van der Waals surface area contributed by atoms with E-state index < -0.39 is 0 Å². The van der Waals surface area contributed by atoms with Gasteiger partial charge in [0.1, 0.15) is 5.82 Å². The van der Waals surface area contributed by atoms with Crippen LogP contribution < -0.4 is 5.32 Å². The van der Waals surface area contributed by atoms with Crippen molar-refractivity contribution >= 4 is 5.82 Å². The molecule has 0 radical (unpaired) electrons. The molecule has 0 atom stereocenters. The lowest BCUT2D eigenvalue weighted by molar-refractivity contribution is 0.345. The molecule has 0 unspecified atom stereocenters. The van der Waals surface area contributed by atoms with Crippen molar-refractivity contribution in [1.82, 2.24) is 14.9 Å². The van der Waals surface area contributed by atoms with Crippen molar-refractivity contribution in [2.75, 3.05) is 18.9 Å². The van der Waals surface area contributed by atoms with E-state index in [4.69, 9.17) is 0 Å². The van der Waals surface area contributed by atoms with Gasteiger partial charge in [-0.3, -0.25) is 4.98 Å². The molecule has 0 saturated carbocycles. The highest BCUT2D eigenvalue weighted by Gasteiger charge is 2.03. The van der Waals surface area contributed by atoms with Gasteiger partial charge >= 0.3 is 0 Å². The summed E-state index contributed by atoms with van der Waals surface area (Å²) < 4.78 is 0. The van der Waals surface area contributed by atoms with E-state index in [0.29, 0.717) is 0 Å². The average Bonchev–Trinajstić information content (AvgIpc) is 2.48. The van der Waals surface area contributed by atoms with E-state index in [1.807, 2.05) is 13.8 Å². The molecule has 0 aliphatic carbocycles. The van der Waals surface area contributed by atoms with Gasteiger partial charge in [0.15, 0.2) is 0 Å². The predicted molar refractivity (Wildman–Crippen MR) is 87.3 cm³/mol. The highest BCUT2D eigenvalue weighted by molar-refractivity contribution is 5.40. The van der Waals surface area contributed by atoms with Crippen molar-refractivity contribution in [1.29, 1.82) is 0 Å². The van der Waals surface area contributed by atoms with Crippen molar-refractivity contribution in [3.63, 3.8) is 0 Å². The monoisotopic (exact) mass is 284 g/mol. The topological polar surface area (TPSA) is 41.0 Å². The van der Waals surface area contributed by atoms with E-state index in [9.17, 15) is 0 Å². The third-order valence-corrected chi connectivity index (χ3v) is 3.52. The first kappa shape index (κ1) is 15.4. The molecule has 1 aromatic heterocycles. The van der Waals surface area contributed by atoms with Crippen LogP contribution in [0.25, 0.3) is 0 Å². The van der Waals surface area contributed by atoms with Crippen LogP contribution in [0.1, 0.15) is 29.4 Å². The second-order valence-electron chi connectivity index (χ2n) is 5.45. The van der Waals surface area contributed by atoms with E-state index in [2.05, 4.69) is 58.4 Å². The summed E-state index contributed by atoms with van der Waals surface area (Å²) >= 11 is 0. The average molecular weight is 284 g/mol. The minimum absolute atomic E-state index is 0.767. The number of benzene rings is 1. The van der Waals surface area contributed by atoms with Crippen LogP contribution in [0.15, 0.2) is 30.5 Å². The number of aromatic nitrogens is 2. The molecule has 0 aliphatic rings. The summed E-state index contributed by atoms with van der Waals surface area (Å²) in [6.45, 7) is 8.90. The van der Waals surface area contributed by atoms with Crippen molar-refractivity contribution in [2.24, 2.45) is 0 Å². The summed E-state index contributed by atoms with van der Waals surface area (Å²) in [6.07, 6.45) is 1.79. The molecule has 0 saturated heterocycles. The number of rotatable bonds is 6. The Kier molecular flexibility index (Phi) is 5.28. The Morgan fingerprint density at radius 1 is 1.19 bits per heavy atom. The fourth-order valence-corrected chi connectivity index (χ4v) is 2.15. The predicted octanol–water partition coefficient (Wildman–Crippen LogP) is 3.16. The first-order valence-corrected chi connectivity index (χ1v) is 7.39. The van der Waals surface area contributed by atoms with Gasteiger partial charge in [0.05, 0.1) is 11.4 Å². The van der Waals surface area contributed by atoms with Crippen molar-refractivity contribution in [3.8, 4) is 0 Å². The van der Waals surface area contributed by atoms with Crippen LogP contribution in [-0.4, -0.2) is 28.5 Å². The van der Waals surface area contributed by atoms with Crippen LogP contribution in [0.2, 0.25) is 0 Å². The van der Waals surface area contributed by atoms with Crippen LogP contribution in [-0.2, 0) is 13.1 Å². The quantitative estimate of drug-likeness (QED) is 0.884. The minimum Gasteiger partial charge on any atom is -0.364 e. The molecule has 0 spiro atoms. The number of anilines is 1. The molecule has 21 heavy (non-hydrogen) atoms. The third kappa shape index (κ3) is 4.53. The maximum absolute atomic E-state index is 4.49. The molecule has 1 heterocycles. The van der Waals surface area contributed by atoms with Crippen LogP contribution in [0.4, 0.5) is 5.82 Å². The Labute approximate surface area is 127 Å². The highest BCUT2D eigenvalue weighted by atomic mass is 15.1. The van der Waals surface area contributed by atoms with E-state index in [-0.39, 0.29) is 0 Å². The largest absolute Gasteiger partial charge is 0.364 e. The second-order valence-corrected chi connectivity index (χ2v) is 5.45. The van der Waals surface area contributed by atoms with Gasteiger partial charge in [-0.25, -0.2) is 4.98 Å². The summed E-state index contributed by atoms with van der Waals surface area (Å²) in [4.78, 5) is 11.1. The fourth-order valence-electron chi connectivity index (χ4n) is 2.15. The SMILES string of the molecule is CCN(C)Cc1cccc(CNc2nc(C)cnc2C)c1. The summed E-state index contributed by atoms with van der Waals surface area (Å²) in [6, 6.07) is 8.68. The standard InChI is InChI=1S/C17H24N4/c1-5-21(4)12-16-8-6-7-15(9-16)11-19-17-14(3)18-10-13(2)20-17/h6-10H,5,11-12H2,1-4H3,(H,19,20). The molecule has 112 valence electrons. The van der Waals surface area contributed by atoms with Gasteiger partial charge in [-0.1, -0.05) is 31.2 Å². The molecule has 0 amide bonds. The molecule has 0 aliphatic heterocycles. The zero-order valence-corrected chi connectivity index (χ0v) is 13.3. The summed E-state index contributed by atoms with van der Waals surface area (Å²) in [7, 11) is 2.14. The van der Waals surface area contributed by atoms with Crippen LogP contribution in [0, 0.1) is 13.8 Å². The number of aryl methyl sites for hydroxylation is 2. The molecule has 0 fully saturated rings. The van der Waals surface area contributed by atoms with Crippen LogP contribution >= 0.6 is 0 Å². The maximum Gasteiger partial charge on any atom is 0.148 e. The Bertz CT molecular complexity index is 595. The molecule has 2 aromatic rings. The Morgan fingerprint density at radius 2 is 1.95 bits per heavy atom. The lowest BCUT2D eigenvalue weighted by atomic mass is 10.1. The Balaban J connectivity index is 2.03. The van der Waals surface area contributed by atoms with Crippen molar-refractivity contribution in [3.05, 3.63) is 53.0 Å². The zero-order chi connectivity index (χ0) is 15.2. The molecule has 2 rings (SSSR count). The lowest BCUT2D eigenvalue weighted by Gasteiger charge is -2.15. The molecular formula is C17H24N4. The lowest BCUT2D eigenvalue weighted by Crippen LogP contribution is -2.16. The van der Waals surface area contributed by atoms with Crippen molar-refractivity contribution in [2.45, 2.75) is 33.9 Å². The van der Waals surface area contributed by atoms with E-state index in [1.165, 1.54) is 11.1 Å². The molecule has 4 heteroatoms. The first-order valence-electron chi connectivity index (χ1n) is 7.39. The summed E-state index contributed by atoms with van der Waals surface area (Å²) in [5.74, 6) is 0.867. The number of nitrogens with zero attached hydrogens (tertiary/aromatic N) is 3. The van der Waals surface area contributed by atoms with Crippen molar-refractivity contribution < 1.29 is 0 Å². The number of nitrogens with one attached hydrogen (secondary N) is 1. The van der Waals surface area contributed by atoms with Gasteiger partial charge in [-0.2, -0.15) is 0 Å². The van der Waals surface area contributed by atoms with Gasteiger partial charge in [0, 0.05) is 19.3 Å². The van der Waals surface area contributed by atoms with Crippen LogP contribution in [0.3, 0.4) is 0 Å². The molecule has 4 nitrogen and oxygen atoms in total. The highest BCUT2D eigenvalue weighted by Crippen LogP contribution is 2.12. The Hall–Kier alpha value is -1.94. The summed E-state index contributed by atoms with van der Waals surface area (Å²) in [5, 5.41) is 3.38. The summed E-state index contributed by atoms with van der Waals surface area (Å²) in [5.41, 5.74) is 4.47. The molecule has 1 N–H and O–H groups in total. The fraction of sp³-hybridized carbons (Fsp3) is 0.412. The number of hydrogen-bond acceptors (Lipinski definition) is 4. The van der Waals surface area contributed by atoms with Gasteiger partial charge < -0.3 is 10.2 Å². The third-order valence-electron chi connectivity index (χ3n) is 3.52. The van der Waals surface area contributed by atoms with Gasteiger partial charge in [0.25, 0.3) is 0 Å². The van der Waals surface area contributed by atoms with Crippen LogP contribution in [0.5, 0.6) is 0 Å². The smallest absolute Gasteiger partial charge is 0.148 e. The molecule has 1 aromatic carbocycles. The van der Waals surface area contributed by atoms with Gasteiger partial charge in [-0.15, -0.1) is 0 Å². The van der Waals surface area contributed by atoms with E-state index >= 15 is 0 Å². The zero-order valence-electron chi connectivity index (χ0n) is 13.3. The normalized spacial score (nSPS) is 10.9. The Morgan fingerprint density at radius 3 is 2.71 bits per heavy atom.